The van der Waals surface area contributed by atoms with Crippen molar-refractivity contribution in [2.75, 3.05) is 27.3 Å². The summed E-state index contributed by atoms with van der Waals surface area (Å²) in [6.45, 7) is 6.65. The molecule has 0 radical (unpaired) electrons. The number of rotatable bonds is 7. The van der Waals surface area contributed by atoms with Gasteiger partial charge in [0.15, 0.2) is 0 Å². The normalized spacial score (nSPS) is 15.6. The van der Waals surface area contributed by atoms with Crippen molar-refractivity contribution in [1.82, 2.24) is 20.2 Å². The molecule has 2 aromatic rings. The van der Waals surface area contributed by atoms with Gasteiger partial charge in [-0.25, -0.2) is 9.78 Å². The summed E-state index contributed by atoms with van der Waals surface area (Å²) in [7, 11) is 2.52. The largest absolute Gasteiger partial charge is 0.469 e. The van der Waals surface area contributed by atoms with Crippen molar-refractivity contribution in [3.63, 3.8) is 0 Å². The van der Waals surface area contributed by atoms with Crippen molar-refractivity contribution in [1.29, 1.82) is 0 Å². The Morgan fingerprint density at radius 3 is 2.57 bits per heavy atom. The molecule has 0 spiro atoms. The first-order valence-electron chi connectivity index (χ1n) is 10.0. The molecule has 0 amide bonds. The SMILES string of the molecule is COC(=O)Cc1c(C(=O)OC)sc2nc(CN3CCC(NC(C)C)CC3)[nH]c(=O)c12. The van der Waals surface area contributed by atoms with Crippen LogP contribution in [0.4, 0.5) is 0 Å². The van der Waals surface area contributed by atoms with Crippen LogP contribution >= 0.6 is 11.3 Å². The van der Waals surface area contributed by atoms with E-state index in [1.54, 1.807) is 0 Å². The number of esters is 2. The fourth-order valence-corrected chi connectivity index (χ4v) is 4.90. The third-order valence-corrected chi connectivity index (χ3v) is 6.27. The predicted octanol–water partition coefficient (Wildman–Crippen LogP) is 1.45. The maximum atomic E-state index is 12.8. The Kier molecular flexibility index (Phi) is 7.22. The lowest BCUT2D eigenvalue weighted by Gasteiger charge is -2.33. The summed E-state index contributed by atoms with van der Waals surface area (Å²) < 4.78 is 9.52. The molecule has 164 valence electrons. The van der Waals surface area contributed by atoms with Gasteiger partial charge in [-0.05, 0) is 12.8 Å². The molecule has 0 aliphatic carbocycles. The molecule has 9 nitrogen and oxygen atoms in total. The Balaban J connectivity index is 1.84. The molecule has 0 saturated carbocycles. The van der Waals surface area contributed by atoms with Crippen LogP contribution in [0.2, 0.25) is 0 Å². The minimum atomic E-state index is -0.599. The quantitative estimate of drug-likeness (QED) is 0.627. The Labute approximate surface area is 178 Å². The van der Waals surface area contributed by atoms with E-state index in [2.05, 4.69) is 34.0 Å². The number of thiophene rings is 1. The summed E-state index contributed by atoms with van der Waals surface area (Å²) in [4.78, 5) is 47.1. The summed E-state index contributed by atoms with van der Waals surface area (Å²) in [5, 5.41) is 3.81. The number of nitrogens with one attached hydrogen (secondary N) is 2. The summed E-state index contributed by atoms with van der Waals surface area (Å²) in [6, 6.07) is 0.973. The van der Waals surface area contributed by atoms with Crippen molar-refractivity contribution in [2.45, 2.75) is 51.7 Å². The maximum absolute atomic E-state index is 12.8. The molecule has 0 bridgehead atoms. The van der Waals surface area contributed by atoms with Crippen LogP contribution in [-0.2, 0) is 27.2 Å². The van der Waals surface area contributed by atoms with Gasteiger partial charge < -0.3 is 19.8 Å². The van der Waals surface area contributed by atoms with E-state index in [4.69, 9.17) is 9.47 Å². The van der Waals surface area contributed by atoms with Crippen molar-refractivity contribution < 1.29 is 19.1 Å². The zero-order valence-electron chi connectivity index (χ0n) is 17.7. The van der Waals surface area contributed by atoms with Gasteiger partial charge >= 0.3 is 11.9 Å². The molecule has 1 aliphatic heterocycles. The monoisotopic (exact) mass is 436 g/mol. The van der Waals surface area contributed by atoms with Gasteiger partial charge in [0.2, 0.25) is 0 Å². The first-order valence-corrected chi connectivity index (χ1v) is 10.8. The Hall–Kier alpha value is -2.30. The van der Waals surface area contributed by atoms with Crippen LogP contribution in [0, 0.1) is 0 Å². The lowest BCUT2D eigenvalue weighted by atomic mass is 10.0. The highest BCUT2D eigenvalue weighted by Crippen LogP contribution is 2.29. The lowest BCUT2D eigenvalue weighted by molar-refractivity contribution is -0.139. The molecule has 30 heavy (non-hydrogen) atoms. The third-order valence-electron chi connectivity index (χ3n) is 5.16. The number of ether oxygens (including phenoxy) is 2. The summed E-state index contributed by atoms with van der Waals surface area (Å²) in [6.07, 6.45) is 1.89. The number of carbonyl (C=O) groups excluding carboxylic acids is 2. The number of piperidine rings is 1. The number of aromatic amines is 1. The highest BCUT2D eigenvalue weighted by molar-refractivity contribution is 7.20. The molecular formula is C20H28N4O5S. The van der Waals surface area contributed by atoms with Crippen LogP contribution in [0.5, 0.6) is 0 Å². The molecule has 3 heterocycles. The number of aromatic nitrogens is 2. The molecule has 1 fully saturated rings. The van der Waals surface area contributed by atoms with E-state index < -0.39 is 11.9 Å². The smallest absolute Gasteiger partial charge is 0.348 e. The van der Waals surface area contributed by atoms with Crippen molar-refractivity contribution in [3.05, 3.63) is 26.6 Å². The fraction of sp³-hybridized carbons (Fsp3) is 0.600. The second-order valence-electron chi connectivity index (χ2n) is 7.72. The number of fused-ring (bicyclic) bond motifs is 1. The molecule has 0 unspecified atom stereocenters. The fourth-order valence-electron chi connectivity index (χ4n) is 3.77. The molecular weight excluding hydrogens is 408 g/mol. The van der Waals surface area contributed by atoms with Crippen LogP contribution in [-0.4, -0.2) is 66.2 Å². The van der Waals surface area contributed by atoms with E-state index in [0.717, 1.165) is 37.3 Å². The van der Waals surface area contributed by atoms with Gasteiger partial charge in [-0.2, -0.15) is 0 Å². The second kappa shape index (κ2) is 9.67. The van der Waals surface area contributed by atoms with Crippen LogP contribution in [0.3, 0.4) is 0 Å². The van der Waals surface area contributed by atoms with Gasteiger partial charge in [-0.1, -0.05) is 13.8 Å². The van der Waals surface area contributed by atoms with Crippen molar-refractivity contribution >= 4 is 33.5 Å². The highest BCUT2D eigenvalue weighted by atomic mass is 32.1. The minimum absolute atomic E-state index is 0.193. The van der Waals surface area contributed by atoms with E-state index in [1.807, 2.05) is 0 Å². The number of likely N-dealkylation sites (tertiary alicyclic amines) is 1. The van der Waals surface area contributed by atoms with E-state index in [0.29, 0.717) is 34.8 Å². The van der Waals surface area contributed by atoms with E-state index in [9.17, 15) is 14.4 Å². The predicted molar refractivity (Wildman–Crippen MR) is 114 cm³/mol. The molecule has 0 aromatic carbocycles. The third kappa shape index (κ3) is 5.05. The van der Waals surface area contributed by atoms with E-state index >= 15 is 0 Å². The number of nitrogens with zero attached hydrogens (tertiary/aromatic N) is 2. The van der Waals surface area contributed by atoms with Gasteiger partial charge in [-0.3, -0.25) is 14.5 Å². The summed E-state index contributed by atoms with van der Waals surface area (Å²) in [5.41, 5.74) is -0.0637. The topological polar surface area (TPSA) is 114 Å². The van der Waals surface area contributed by atoms with Gasteiger partial charge in [0.05, 0.1) is 32.6 Å². The summed E-state index contributed by atoms with van der Waals surface area (Å²) >= 11 is 1.06. The molecule has 1 aliphatic rings. The molecule has 1 saturated heterocycles. The van der Waals surface area contributed by atoms with Crippen LogP contribution in [0.1, 0.15) is 47.7 Å². The average Bonchev–Trinajstić information content (AvgIpc) is 3.07. The summed E-state index contributed by atoms with van der Waals surface area (Å²) in [5.74, 6) is -0.594. The molecule has 10 heteroatoms. The number of hydrogen-bond acceptors (Lipinski definition) is 9. The van der Waals surface area contributed by atoms with Crippen LogP contribution in [0.15, 0.2) is 4.79 Å². The maximum Gasteiger partial charge on any atom is 0.348 e. The number of H-pyrrole nitrogens is 1. The average molecular weight is 437 g/mol. The Bertz CT molecular complexity index is 975. The highest BCUT2D eigenvalue weighted by Gasteiger charge is 2.25. The van der Waals surface area contributed by atoms with E-state index in [-0.39, 0.29) is 22.2 Å². The van der Waals surface area contributed by atoms with Gasteiger partial charge in [-0.15, -0.1) is 11.3 Å². The minimum Gasteiger partial charge on any atom is -0.469 e. The number of hydrogen-bond donors (Lipinski definition) is 2. The van der Waals surface area contributed by atoms with Crippen LogP contribution < -0.4 is 10.9 Å². The van der Waals surface area contributed by atoms with Crippen molar-refractivity contribution in [3.8, 4) is 0 Å². The zero-order valence-corrected chi connectivity index (χ0v) is 18.6. The first kappa shape index (κ1) is 22.4. The number of carbonyl (C=O) groups is 2. The van der Waals surface area contributed by atoms with Gasteiger partial charge in [0, 0.05) is 30.7 Å². The molecule has 2 aromatic heterocycles. The Morgan fingerprint density at radius 2 is 1.97 bits per heavy atom. The van der Waals surface area contributed by atoms with Crippen LogP contribution in [0.25, 0.3) is 10.2 Å². The molecule has 0 atom stereocenters. The number of methoxy groups -OCH3 is 2. The van der Waals surface area contributed by atoms with Gasteiger partial charge in [0.1, 0.15) is 15.5 Å². The van der Waals surface area contributed by atoms with Gasteiger partial charge in [0.25, 0.3) is 5.56 Å². The first-order chi connectivity index (χ1) is 14.3. The Morgan fingerprint density at radius 1 is 1.27 bits per heavy atom. The van der Waals surface area contributed by atoms with Crippen molar-refractivity contribution in [2.24, 2.45) is 0 Å². The van der Waals surface area contributed by atoms with E-state index in [1.165, 1.54) is 14.2 Å². The molecule has 2 N–H and O–H groups in total. The zero-order chi connectivity index (χ0) is 21.8. The standard InChI is InChI=1S/C20H28N4O5S/c1-11(2)21-12-5-7-24(8-6-12)10-14-22-18(26)16-13(9-15(25)28-3)17(20(27)29-4)30-19(16)23-14/h11-12,21H,5-10H2,1-4H3,(H,22,23,26). The molecule has 3 rings (SSSR count). The second-order valence-corrected chi connectivity index (χ2v) is 8.72. The lowest BCUT2D eigenvalue weighted by Crippen LogP contribution is -2.44.